The molecule has 3 nitrogen and oxygen atoms in total. The number of nitrogens with two attached hydrogens (primary N) is 1. The van der Waals surface area contributed by atoms with Crippen LogP contribution in [0.3, 0.4) is 0 Å². The van der Waals surface area contributed by atoms with Crippen LogP contribution in [0.1, 0.15) is 59.8 Å². The lowest BCUT2D eigenvalue weighted by Gasteiger charge is -2.27. The van der Waals surface area contributed by atoms with Gasteiger partial charge in [-0.1, -0.05) is 33.1 Å². The van der Waals surface area contributed by atoms with Crippen LogP contribution in [-0.4, -0.2) is 18.5 Å². The lowest BCUT2D eigenvalue weighted by Crippen LogP contribution is -2.46. The van der Waals surface area contributed by atoms with Crippen LogP contribution in [0.2, 0.25) is 0 Å². The fraction of sp³-hybridized carbons (Fsp3) is 0.923. The van der Waals surface area contributed by atoms with Crippen molar-refractivity contribution < 1.29 is 4.79 Å². The zero-order chi connectivity index (χ0) is 12.6. The summed E-state index contributed by atoms with van der Waals surface area (Å²) >= 11 is 0. The van der Waals surface area contributed by atoms with Gasteiger partial charge < -0.3 is 11.1 Å². The minimum Gasteiger partial charge on any atom is -0.353 e. The Bertz CT molecular complexity index is 200. The highest BCUT2D eigenvalue weighted by Crippen LogP contribution is 2.19. The quantitative estimate of drug-likeness (QED) is 0.627. The molecule has 0 heterocycles. The van der Waals surface area contributed by atoms with Gasteiger partial charge in [0, 0.05) is 12.6 Å². The summed E-state index contributed by atoms with van der Waals surface area (Å²) in [4.78, 5) is 12.0. The third-order valence-electron chi connectivity index (χ3n) is 3.40. The van der Waals surface area contributed by atoms with Crippen molar-refractivity contribution in [3.05, 3.63) is 0 Å². The Morgan fingerprint density at radius 3 is 2.44 bits per heavy atom. The topological polar surface area (TPSA) is 55.1 Å². The molecule has 0 radical (unpaired) electrons. The first-order valence-electron chi connectivity index (χ1n) is 6.51. The van der Waals surface area contributed by atoms with Gasteiger partial charge in [0.2, 0.25) is 5.91 Å². The van der Waals surface area contributed by atoms with E-state index in [1.54, 1.807) is 0 Å². The molecule has 0 aliphatic heterocycles. The van der Waals surface area contributed by atoms with Crippen molar-refractivity contribution in [2.45, 2.75) is 65.8 Å². The maximum Gasteiger partial charge on any atom is 0.227 e. The van der Waals surface area contributed by atoms with Gasteiger partial charge in [-0.2, -0.15) is 0 Å². The van der Waals surface area contributed by atoms with E-state index in [9.17, 15) is 4.79 Å². The van der Waals surface area contributed by atoms with E-state index in [1.807, 2.05) is 13.8 Å². The van der Waals surface area contributed by atoms with Crippen molar-refractivity contribution in [2.24, 2.45) is 11.1 Å². The molecule has 96 valence electrons. The third kappa shape index (κ3) is 4.97. The number of hydrogen-bond donors (Lipinski definition) is 2. The molecule has 0 aromatic heterocycles. The van der Waals surface area contributed by atoms with Crippen LogP contribution in [-0.2, 0) is 4.79 Å². The van der Waals surface area contributed by atoms with Gasteiger partial charge in [0.25, 0.3) is 0 Å². The summed E-state index contributed by atoms with van der Waals surface area (Å²) in [5.74, 6) is 0.0986. The van der Waals surface area contributed by atoms with E-state index in [-0.39, 0.29) is 11.9 Å². The SMILES string of the molecule is CCCCCC(C)NC(=O)C(C)(CC)CN. The second kappa shape index (κ2) is 7.66. The smallest absolute Gasteiger partial charge is 0.227 e. The van der Waals surface area contributed by atoms with Gasteiger partial charge in [0.15, 0.2) is 0 Å². The molecule has 1 amide bonds. The predicted octanol–water partition coefficient (Wildman–Crippen LogP) is 2.45. The summed E-state index contributed by atoms with van der Waals surface area (Å²) in [6.45, 7) is 8.61. The monoisotopic (exact) mass is 228 g/mol. The Balaban J connectivity index is 4.02. The van der Waals surface area contributed by atoms with Crippen molar-refractivity contribution in [1.82, 2.24) is 5.32 Å². The summed E-state index contributed by atoms with van der Waals surface area (Å²) < 4.78 is 0. The first kappa shape index (κ1) is 15.4. The molecule has 0 aliphatic carbocycles. The molecule has 0 aromatic rings. The summed E-state index contributed by atoms with van der Waals surface area (Å²) in [6.07, 6.45) is 5.49. The van der Waals surface area contributed by atoms with E-state index in [0.717, 1.165) is 12.8 Å². The van der Waals surface area contributed by atoms with Gasteiger partial charge >= 0.3 is 0 Å². The van der Waals surface area contributed by atoms with Crippen LogP contribution in [0, 0.1) is 5.41 Å². The standard InChI is InChI=1S/C13H28N2O/c1-5-7-8-9-11(3)15-12(16)13(4,6-2)10-14/h11H,5-10,14H2,1-4H3,(H,15,16). The molecule has 0 aromatic carbocycles. The Labute approximate surface area is 100 Å². The van der Waals surface area contributed by atoms with E-state index in [2.05, 4.69) is 19.2 Å². The Hall–Kier alpha value is -0.570. The van der Waals surface area contributed by atoms with Crippen LogP contribution < -0.4 is 11.1 Å². The average Bonchev–Trinajstić information content (AvgIpc) is 2.28. The van der Waals surface area contributed by atoms with E-state index in [0.29, 0.717) is 6.54 Å². The van der Waals surface area contributed by atoms with Crippen LogP contribution >= 0.6 is 0 Å². The van der Waals surface area contributed by atoms with Gasteiger partial charge in [-0.15, -0.1) is 0 Å². The molecule has 0 fully saturated rings. The highest BCUT2D eigenvalue weighted by molar-refractivity contribution is 5.82. The van der Waals surface area contributed by atoms with Gasteiger partial charge in [0.1, 0.15) is 0 Å². The number of amides is 1. The summed E-state index contributed by atoms with van der Waals surface area (Å²) in [6, 6.07) is 0.261. The minimum absolute atomic E-state index is 0.0986. The van der Waals surface area contributed by atoms with Crippen LogP contribution in [0.5, 0.6) is 0 Å². The predicted molar refractivity (Wildman–Crippen MR) is 69.2 cm³/mol. The van der Waals surface area contributed by atoms with Crippen molar-refractivity contribution in [1.29, 1.82) is 0 Å². The summed E-state index contributed by atoms with van der Waals surface area (Å²) in [5.41, 5.74) is 5.25. The summed E-state index contributed by atoms with van der Waals surface area (Å²) in [7, 11) is 0. The van der Waals surface area contributed by atoms with Crippen molar-refractivity contribution in [2.75, 3.05) is 6.54 Å². The largest absolute Gasteiger partial charge is 0.353 e. The lowest BCUT2D eigenvalue weighted by molar-refractivity contribution is -0.130. The minimum atomic E-state index is -0.404. The Morgan fingerprint density at radius 1 is 1.38 bits per heavy atom. The van der Waals surface area contributed by atoms with Gasteiger partial charge in [0.05, 0.1) is 5.41 Å². The Kier molecular flexibility index (Phi) is 7.39. The molecule has 0 aliphatic rings. The number of rotatable bonds is 8. The van der Waals surface area contributed by atoms with Crippen molar-refractivity contribution in [3.63, 3.8) is 0 Å². The second-order valence-corrected chi connectivity index (χ2v) is 4.99. The van der Waals surface area contributed by atoms with E-state index < -0.39 is 5.41 Å². The van der Waals surface area contributed by atoms with E-state index in [1.165, 1.54) is 19.3 Å². The molecule has 0 saturated heterocycles. The molecule has 0 spiro atoms. The fourth-order valence-corrected chi connectivity index (χ4v) is 1.57. The maximum atomic E-state index is 12.0. The van der Waals surface area contributed by atoms with Gasteiger partial charge in [-0.3, -0.25) is 4.79 Å². The highest BCUT2D eigenvalue weighted by Gasteiger charge is 2.30. The fourth-order valence-electron chi connectivity index (χ4n) is 1.57. The molecule has 3 heteroatoms. The molecule has 0 rings (SSSR count). The van der Waals surface area contributed by atoms with Gasteiger partial charge in [-0.05, 0) is 26.7 Å². The molecule has 2 unspecified atom stereocenters. The number of hydrogen-bond acceptors (Lipinski definition) is 2. The highest BCUT2D eigenvalue weighted by atomic mass is 16.2. The molecular formula is C13H28N2O. The summed E-state index contributed by atoms with van der Waals surface area (Å²) in [5, 5.41) is 3.06. The number of nitrogens with one attached hydrogen (secondary N) is 1. The van der Waals surface area contributed by atoms with Gasteiger partial charge in [-0.25, -0.2) is 0 Å². The first-order valence-corrected chi connectivity index (χ1v) is 6.51. The van der Waals surface area contributed by atoms with Crippen molar-refractivity contribution in [3.8, 4) is 0 Å². The zero-order valence-corrected chi connectivity index (χ0v) is 11.3. The number of carbonyl (C=O) groups is 1. The number of carbonyl (C=O) groups excluding carboxylic acids is 1. The van der Waals surface area contributed by atoms with E-state index in [4.69, 9.17) is 5.73 Å². The van der Waals surface area contributed by atoms with E-state index >= 15 is 0 Å². The average molecular weight is 228 g/mol. The lowest BCUT2D eigenvalue weighted by atomic mass is 9.86. The second-order valence-electron chi connectivity index (χ2n) is 4.99. The molecule has 3 N–H and O–H groups in total. The number of unbranched alkanes of at least 4 members (excludes halogenated alkanes) is 2. The van der Waals surface area contributed by atoms with Crippen LogP contribution in [0.25, 0.3) is 0 Å². The normalized spacial score (nSPS) is 16.6. The molecule has 16 heavy (non-hydrogen) atoms. The third-order valence-corrected chi connectivity index (χ3v) is 3.40. The molecular weight excluding hydrogens is 200 g/mol. The Morgan fingerprint density at radius 2 is 2.00 bits per heavy atom. The molecule has 0 saturated carbocycles. The van der Waals surface area contributed by atoms with Crippen molar-refractivity contribution >= 4 is 5.91 Å². The molecule has 2 atom stereocenters. The zero-order valence-electron chi connectivity index (χ0n) is 11.3. The molecule has 0 bridgehead atoms. The maximum absolute atomic E-state index is 12.0. The van der Waals surface area contributed by atoms with Crippen LogP contribution in [0.15, 0.2) is 0 Å². The first-order chi connectivity index (χ1) is 7.50. The van der Waals surface area contributed by atoms with Crippen LogP contribution in [0.4, 0.5) is 0 Å².